The molecule has 0 aliphatic heterocycles. The summed E-state index contributed by atoms with van der Waals surface area (Å²) < 4.78 is 13.9. The van der Waals surface area contributed by atoms with Crippen molar-refractivity contribution in [3.05, 3.63) is 71.0 Å². The average Bonchev–Trinajstić information content (AvgIpc) is 2.47. The number of likely N-dealkylation sites (N-methyl/N-ethyl adjacent to an activating group) is 1. The van der Waals surface area contributed by atoms with E-state index in [0.29, 0.717) is 12.1 Å². The second-order valence-corrected chi connectivity index (χ2v) is 5.60. The highest BCUT2D eigenvalue weighted by atomic mass is 19.1. The maximum Gasteiger partial charge on any atom is 0.127 e. The van der Waals surface area contributed by atoms with E-state index in [1.165, 1.54) is 11.6 Å². The Hall–Kier alpha value is -1.71. The SMILES string of the molecule is Cc1ccccc1C(N)CN(C)C(C)c1ccccc1F. The van der Waals surface area contributed by atoms with Gasteiger partial charge in [-0.15, -0.1) is 0 Å². The van der Waals surface area contributed by atoms with Crippen LogP contribution in [0.2, 0.25) is 0 Å². The minimum absolute atomic E-state index is 0.0127. The molecule has 0 heterocycles. The first kappa shape index (κ1) is 15.7. The van der Waals surface area contributed by atoms with Crippen LogP contribution in [0.5, 0.6) is 0 Å². The molecule has 2 N–H and O–H groups in total. The molecular weight excluding hydrogens is 263 g/mol. The summed E-state index contributed by atoms with van der Waals surface area (Å²) in [5.74, 6) is -0.165. The number of hydrogen-bond donors (Lipinski definition) is 1. The summed E-state index contributed by atoms with van der Waals surface area (Å²) in [7, 11) is 1.98. The summed E-state index contributed by atoms with van der Waals surface area (Å²) >= 11 is 0. The van der Waals surface area contributed by atoms with Crippen LogP contribution >= 0.6 is 0 Å². The maximum atomic E-state index is 13.9. The van der Waals surface area contributed by atoms with Crippen molar-refractivity contribution in [3.63, 3.8) is 0 Å². The van der Waals surface area contributed by atoms with Gasteiger partial charge in [0.05, 0.1) is 0 Å². The molecule has 2 unspecified atom stereocenters. The molecule has 0 aliphatic rings. The Bertz CT molecular complexity index is 597. The Balaban J connectivity index is 2.09. The third-order valence-electron chi connectivity index (χ3n) is 4.09. The Kier molecular flexibility index (Phi) is 5.10. The van der Waals surface area contributed by atoms with Crippen LogP contribution in [0.3, 0.4) is 0 Å². The van der Waals surface area contributed by atoms with Crippen molar-refractivity contribution in [2.45, 2.75) is 25.9 Å². The molecule has 0 radical (unpaired) electrons. The van der Waals surface area contributed by atoms with E-state index in [4.69, 9.17) is 5.73 Å². The van der Waals surface area contributed by atoms with E-state index in [-0.39, 0.29) is 17.9 Å². The lowest BCUT2D eigenvalue weighted by Crippen LogP contribution is -2.32. The lowest BCUT2D eigenvalue weighted by Gasteiger charge is -2.28. The third kappa shape index (κ3) is 3.69. The van der Waals surface area contributed by atoms with Gasteiger partial charge in [0, 0.05) is 24.2 Å². The predicted molar refractivity (Wildman–Crippen MR) is 85.6 cm³/mol. The van der Waals surface area contributed by atoms with E-state index in [1.807, 2.05) is 38.2 Å². The summed E-state index contributed by atoms with van der Waals surface area (Å²) in [6, 6.07) is 15.0. The Morgan fingerprint density at radius 2 is 1.62 bits per heavy atom. The highest BCUT2D eigenvalue weighted by Gasteiger charge is 2.18. The second kappa shape index (κ2) is 6.83. The van der Waals surface area contributed by atoms with E-state index >= 15 is 0 Å². The van der Waals surface area contributed by atoms with Crippen LogP contribution in [0.25, 0.3) is 0 Å². The molecule has 0 saturated heterocycles. The summed E-state index contributed by atoms with van der Waals surface area (Å²) in [5, 5.41) is 0. The molecule has 3 heteroatoms. The van der Waals surface area contributed by atoms with Gasteiger partial charge in [-0.1, -0.05) is 42.5 Å². The van der Waals surface area contributed by atoms with Crippen LogP contribution in [-0.2, 0) is 0 Å². The van der Waals surface area contributed by atoms with Crippen molar-refractivity contribution in [1.82, 2.24) is 4.90 Å². The van der Waals surface area contributed by atoms with Crippen LogP contribution in [0.1, 0.15) is 35.7 Å². The van der Waals surface area contributed by atoms with Gasteiger partial charge in [-0.2, -0.15) is 0 Å². The van der Waals surface area contributed by atoms with Crippen LogP contribution in [-0.4, -0.2) is 18.5 Å². The molecule has 0 spiro atoms. The largest absolute Gasteiger partial charge is 0.323 e. The van der Waals surface area contributed by atoms with Crippen molar-refractivity contribution >= 4 is 0 Å². The molecule has 2 nitrogen and oxygen atoms in total. The Morgan fingerprint density at radius 3 is 2.24 bits per heavy atom. The first-order valence-electron chi connectivity index (χ1n) is 7.26. The molecule has 0 saturated carbocycles. The molecule has 2 aromatic carbocycles. The number of hydrogen-bond acceptors (Lipinski definition) is 2. The fraction of sp³-hybridized carbons (Fsp3) is 0.333. The molecule has 0 fully saturated rings. The molecule has 0 aromatic heterocycles. The summed E-state index contributed by atoms with van der Waals surface area (Å²) in [6.07, 6.45) is 0. The first-order chi connectivity index (χ1) is 10.0. The molecule has 2 rings (SSSR count). The van der Waals surface area contributed by atoms with E-state index < -0.39 is 0 Å². The second-order valence-electron chi connectivity index (χ2n) is 5.60. The monoisotopic (exact) mass is 286 g/mol. The zero-order valence-electron chi connectivity index (χ0n) is 12.9. The highest BCUT2D eigenvalue weighted by Crippen LogP contribution is 2.24. The van der Waals surface area contributed by atoms with E-state index in [2.05, 4.69) is 24.0 Å². The van der Waals surface area contributed by atoms with Gasteiger partial charge >= 0.3 is 0 Å². The van der Waals surface area contributed by atoms with Crippen LogP contribution in [0.15, 0.2) is 48.5 Å². The normalized spacial score (nSPS) is 14.2. The van der Waals surface area contributed by atoms with Crippen molar-refractivity contribution in [2.75, 3.05) is 13.6 Å². The van der Waals surface area contributed by atoms with Crippen LogP contribution in [0.4, 0.5) is 4.39 Å². The van der Waals surface area contributed by atoms with Crippen LogP contribution < -0.4 is 5.73 Å². The fourth-order valence-electron chi connectivity index (χ4n) is 2.62. The Labute approximate surface area is 126 Å². The highest BCUT2D eigenvalue weighted by molar-refractivity contribution is 5.29. The van der Waals surface area contributed by atoms with Gasteiger partial charge in [-0.25, -0.2) is 4.39 Å². The first-order valence-corrected chi connectivity index (χ1v) is 7.26. The standard InChI is InChI=1S/C18H23FN2/c1-13-8-4-5-9-15(13)18(20)12-21(3)14(2)16-10-6-7-11-17(16)19/h4-11,14,18H,12,20H2,1-3H3. The van der Waals surface area contributed by atoms with Gasteiger partial charge in [0.15, 0.2) is 0 Å². The summed E-state index contributed by atoms with van der Waals surface area (Å²) in [6.45, 7) is 4.75. The van der Waals surface area contributed by atoms with Crippen molar-refractivity contribution in [3.8, 4) is 0 Å². The number of benzene rings is 2. The Morgan fingerprint density at radius 1 is 1.05 bits per heavy atom. The third-order valence-corrected chi connectivity index (χ3v) is 4.09. The van der Waals surface area contributed by atoms with E-state index in [0.717, 1.165) is 5.56 Å². The number of halogens is 1. The van der Waals surface area contributed by atoms with Gasteiger partial charge < -0.3 is 5.73 Å². The van der Waals surface area contributed by atoms with Gasteiger partial charge in [0.25, 0.3) is 0 Å². The number of nitrogens with two attached hydrogens (primary N) is 1. The summed E-state index contributed by atoms with van der Waals surface area (Å²) in [5.41, 5.74) is 9.36. The smallest absolute Gasteiger partial charge is 0.127 e. The molecule has 0 amide bonds. The van der Waals surface area contributed by atoms with Crippen LogP contribution in [0, 0.1) is 12.7 Å². The minimum atomic E-state index is -0.165. The topological polar surface area (TPSA) is 29.3 Å². The quantitative estimate of drug-likeness (QED) is 0.905. The molecule has 0 aliphatic carbocycles. The van der Waals surface area contributed by atoms with Gasteiger partial charge in [-0.3, -0.25) is 4.90 Å². The molecule has 21 heavy (non-hydrogen) atoms. The molecule has 2 aromatic rings. The molecule has 112 valence electrons. The van der Waals surface area contributed by atoms with Crippen molar-refractivity contribution in [2.24, 2.45) is 5.73 Å². The number of nitrogens with zero attached hydrogens (tertiary/aromatic N) is 1. The molecule has 0 bridgehead atoms. The zero-order valence-corrected chi connectivity index (χ0v) is 12.9. The van der Waals surface area contributed by atoms with Gasteiger partial charge in [-0.05, 0) is 38.1 Å². The predicted octanol–water partition coefficient (Wildman–Crippen LogP) is 3.83. The van der Waals surface area contributed by atoms with Gasteiger partial charge in [0.2, 0.25) is 0 Å². The van der Waals surface area contributed by atoms with Crippen molar-refractivity contribution < 1.29 is 4.39 Å². The summed E-state index contributed by atoms with van der Waals surface area (Å²) in [4.78, 5) is 2.09. The van der Waals surface area contributed by atoms with Gasteiger partial charge in [0.1, 0.15) is 5.82 Å². The lowest BCUT2D eigenvalue weighted by molar-refractivity contribution is 0.241. The maximum absolute atomic E-state index is 13.9. The molecule has 2 atom stereocenters. The van der Waals surface area contributed by atoms with E-state index in [1.54, 1.807) is 6.07 Å². The van der Waals surface area contributed by atoms with Crippen molar-refractivity contribution in [1.29, 1.82) is 0 Å². The minimum Gasteiger partial charge on any atom is -0.323 e. The fourth-order valence-corrected chi connectivity index (χ4v) is 2.62. The number of aryl methyl sites for hydroxylation is 1. The molecular formula is C18H23FN2. The average molecular weight is 286 g/mol. The zero-order chi connectivity index (χ0) is 15.4. The lowest BCUT2D eigenvalue weighted by atomic mass is 10.0. The van der Waals surface area contributed by atoms with E-state index in [9.17, 15) is 4.39 Å². The number of rotatable bonds is 5.